The molecule has 1 aromatic carbocycles. The minimum absolute atomic E-state index is 0.327. The van der Waals surface area contributed by atoms with Crippen LogP contribution in [0.15, 0.2) is 30.3 Å². The van der Waals surface area contributed by atoms with Crippen LogP contribution in [0.5, 0.6) is 0 Å². The molecule has 4 fully saturated rings. The normalized spacial score (nSPS) is 40.2. The van der Waals surface area contributed by atoms with Crippen molar-refractivity contribution < 1.29 is 5.11 Å². The van der Waals surface area contributed by atoms with Crippen LogP contribution < -0.4 is 5.32 Å². The van der Waals surface area contributed by atoms with E-state index in [1.54, 1.807) is 0 Å². The van der Waals surface area contributed by atoms with Gasteiger partial charge in [-0.05, 0) is 68.8 Å². The molecule has 21 heavy (non-hydrogen) atoms. The van der Waals surface area contributed by atoms with E-state index in [2.05, 4.69) is 5.32 Å². The molecule has 2 heteroatoms. The first-order chi connectivity index (χ1) is 10.0. The Bertz CT molecular complexity index is 472. The van der Waals surface area contributed by atoms with Crippen LogP contribution in [0.4, 0.5) is 0 Å². The number of nitrogens with one attached hydrogen (secondary N) is 1. The number of β-amino-alcohol motifs (C(OH)–C–C–N with tert-alkyl or cyclic N) is 1. The summed E-state index contributed by atoms with van der Waals surface area (Å²) in [7, 11) is 0. The Morgan fingerprint density at radius 2 is 1.57 bits per heavy atom. The summed E-state index contributed by atoms with van der Waals surface area (Å²) in [5, 5.41) is 14.6. The van der Waals surface area contributed by atoms with Gasteiger partial charge in [0, 0.05) is 12.1 Å². The fourth-order valence-corrected chi connectivity index (χ4v) is 5.59. The molecule has 2 nitrogen and oxygen atoms in total. The van der Waals surface area contributed by atoms with Crippen molar-refractivity contribution in [1.82, 2.24) is 5.32 Å². The second kappa shape index (κ2) is 4.82. The zero-order valence-corrected chi connectivity index (χ0v) is 13.0. The number of hydrogen-bond donors (Lipinski definition) is 2. The largest absolute Gasteiger partial charge is 0.384 e. The Labute approximate surface area is 128 Å². The standard InChI is InChI=1S/C19H27NO/c1-18(21,17-5-3-2-4-6-17)13-20-19-10-14-7-15(11-19)9-16(8-14)12-19/h2-6,14-16,20-21H,7-13H2,1H3. The van der Waals surface area contributed by atoms with Gasteiger partial charge in [0.05, 0.1) is 5.60 Å². The maximum atomic E-state index is 10.8. The predicted octanol–water partition coefficient (Wildman–Crippen LogP) is 3.45. The van der Waals surface area contributed by atoms with Crippen LogP contribution in [0.3, 0.4) is 0 Å². The predicted molar refractivity (Wildman–Crippen MR) is 84.9 cm³/mol. The van der Waals surface area contributed by atoms with Crippen molar-refractivity contribution in [3.8, 4) is 0 Å². The molecule has 5 rings (SSSR count). The van der Waals surface area contributed by atoms with Gasteiger partial charge in [-0.2, -0.15) is 0 Å². The summed E-state index contributed by atoms with van der Waals surface area (Å²) in [4.78, 5) is 0. The smallest absolute Gasteiger partial charge is 0.0992 e. The molecule has 4 aliphatic rings. The van der Waals surface area contributed by atoms with Crippen LogP contribution in [0, 0.1) is 17.8 Å². The fourth-order valence-electron chi connectivity index (χ4n) is 5.59. The first-order valence-corrected chi connectivity index (χ1v) is 8.58. The van der Waals surface area contributed by atoms with E-state index in [0.29, 0.717) is 12.1 Å². The zero-order chi connectivity index (χ0) is 14.5. The van der Waals surface area contributed by atoms with E-state index >= 15 is 0 Å². The molecule has 0 heterocycles. The van der Waals surface area contributed by atoms with Crippen LogP contribution in [0.2, 0.25) is 0 Å². The highest BCUT2D eigenvalue weighted by Gasteiger charge is 2.51. The third-order valence-corrected chi connectivity index (χ3v) is 6.24. The van der Waals surface area contributed by atoms with Gasteiger partial charge in [0.15, 0.2) is 0 Å². The molecule has 4 aliphatic carbocycles. The van der Waals surface area contributed by atoms with Gasteiger partial charge >= 0.3 is 0 Å². The highest BCUT2D eigenvalue weighted by Crippen LogP contribution is 2.55. The van der Waals surface area contributed by atoms with E-state index in [-0.39, 0.29) is 0 Å². The van der Waals surface area contributed by atoms with Crippen LogP contribution in [0.1, 0.15) is 51.0 Å². The highest BCUT2D eigenvalue weighted by molar-refractivity contribution is 5.22. The lowest BCUT2D eigenvalue weighted by Crippen LogP contribution is -2.60. The summed E-state index contributed by atoms with van der Waals surface area (Å²) in [6.45, 7) is 2.61. The summed E-state index contributed by atoms with van der Waals surface area (Å²) < 4.78 is 0. The van der Waals surface area contributed by atoms with Crippen molar-refractivity contribution in [2.75, 3.05) is 6.54 Å². The van der Waals surface area contributed by atoms with Crippen LogP contribution in [-0.4, -0.2) is 17.2 Å². The van der Waals surface area contributed by atoms with Gasteiger partial charge in [0.1, 0.15) is 0 Å². The van der Waals surface area contributed by atoms with Crippen LogP contribution >= 0.6 is 0 Å². The summed E-state index contributed by atoms with van der Waals surface area (Å²) in [5.74, 6) is 2.85. The van der Waals surface area contributed by atoms with Crippen molar-refractivity contribution >= 4 is 0 Å². The van der Waals surface area contributed by atoms with Gasteiger partial charge in [-0.1, -0.05) is 30.3 Å². The van der Waals surface area contributed by atoms with Crippen molar-refractivity contribution in [3.63, 3.8) is 0 Å². The van der Waals surface area contributed by atoms with Crippen LogP contribution in [0.25, 0.3) is 0 Å². The summed E-state index contributed by atoms with van der Waals surface area (Å²) >= 11 is 0. The molecule has 1 unspecified atom stereocenters. The van der Waals surface area contributed by atoms with E-state index in [9.17, 15) is 5.11 Å². The van der Waals surface area contributed by atoms with Gasteiger partial charge in [-0.3, -0.25) is 0 Å². The average Bonchev–Trinajstić information content (AvgIpc) is 2.45. The van der Waals surface area contributed by atoms with Crippen molar-refractivity contribution in [2.24, 2.45) is 17.8 Å². The highest BCUT2D eigenvalue weighted by atomic mass is 16.3. The van der Waals surface area contributed by atoms with Gasteiger partial charge in [0.25, 0.3) is 0 Å². The van der Waals surface area contributed by atoms with E-state index in [0.717, 1.165) is 23.3 Å². The van der Waals surface area contributed by atoms with Gasteiger partial charge in [0.2, 0.25) is 0 Å². The third kappa shape index (κ3) is 2.53. The number of aliphatic hydroxyl groups is 1. The Kier molecular flexibility index (Phi) is 3.16. The number of benzene rings is 1. The van der Waals surface area contributed by atoms with Gasteiger partial charge in [-0.15, -0.1) is 0 Å². The molecule has 4 saturated carbocycles. The molecule has 0 radical (unpaired) electrons. The topological polar surface area (TPSA) is 32.3 Å². The maximum Gasteiger partial charge on any atom is 0.0992 e. The second-order valence-corrected chi connectivity index (χ2v) is 8.19. The third-order valence-electron chi connectivity index (χ3n) is 6.24. The average molecular weight is 285 g/mol. The lowest BCUT2D eigenvalue weighted by Gasteiger charge is -2.57. The Morgan fingerprint density at radius 1 is 1.05 bits per heavy atom. The summed E-state index contributed by atoms with van der Waals surface area (Å²) in [5.41, 5.74) is 0.570. The monoisotopic (exact) mass is 285 g/mol. The van der Waals surface area contributed by atoms with E-state index in [1.807, 2.05) is 37.3 Å². The molecule has 0 spiro atoms. The van der Waals surface area contributed by atoms with E-state index < -0.39 is 5.60 Å². The SMILES string of the molecule is CC(O)(CNC12CC3CC(CC(C3)C1)C2)c1ccccc1. The molecule has 4 bridgehead atoms. The van der Waals surface area contributed by atoms with E-state index in [4.69, 9.17) is 0 Å². The lowest BCUT2D eigenvalue weighted by atomic mass is 9.53. The summed E-state index contributed by atoms with van der Waals surface area (Å²) in [6.07, 6.45) is 8.42. The first-order valence-electron chi connectivity index (χ1n) is 8.58. The molecule has 0 aliphatic heterocycles. The molecular weight excluding hydrogens is 258 g/mol. The molecule has 114 valence electrons. The van der Waals surface area contributed by atoms with Crippen molar-refractivity contribution in [2.45, 2.75) is 56.6 Å². The second-order valence-electron chi connectivity index (χ2n) is 8.19. The fraction of sp³-hybridized carbons (Fsp3) is 0.684. The molecule has 0 saturated heterocycles. The minimum Gasteiger partial charge on any atom is -0.384 e. The lowest BCUT2D eigenvalue weighted by molar-refractivity contribution is -0.0357. The zero-order valence-electron chi connectivity index (χ0n) is 13.0. The molecule has 1 aromatic rings. The molecular formula is C19H27NO. The molecule has 1 atom stereocenters. The Balaban J connectivity index is 1.47. The Hall–Kier alpha value is -0.860. The van der Waals surface area contributed by atoms with Gasteiger partial charge < -0.3 is 10.4 Å². The molecule has 0 aromatic heterocycles. The Morgan fingerprint density at radius 3 is 2.10 bits per heavy atom. The quantitative estimate of drug-likeness (QED) is 0.888. The van der Waals surface area contributed by atoms with Crippen LogP contribution in [-0.2, 0) is 5.60 Å². The maximum absolute atomic E-state index is 10.8. The minimum atomic E-state index is -0.773. The number of hydrogen-bond acceptors (Lipinski definition) is 2. The van der Waals surface area contributed by atoms with Gasteiger partial charge in [-0.25, -0.2) is 0 Å². The number of rotatable bonds is 4. The van der Waals surface area contributed by atoms with E-state index in [1.165, 1.54) is 38.5 Å². The van der Waals surface area contributed by atoms with Crippen molar-refractivity contribution in [3.05, 3.63) is 35.9 Å². The first kappa shape index (κ1) is 13.8. The van der Waals surface area contributed by atoms with Crippen molar-refractivity contribution in [1.29, 1.82) is 0 Å². The molecule has 0 amide bonds. The summed E-state index contributed by atoms with van der Waals surface area (Å²) in [6, 6.07) is 10.1. The molecule has 2 N–H and O–H groups in total.